The molecule has 1 heterocycles. The first-order valence-corrected chi connectivity index (χ1v) is 6.24. The molecule has 0 fully saturated rings. The molecule has 0 unspecified atom stereocenters. The number of H-pyrrole nitrogens is 1. The second-order valence-corrected chi connectivity index (χ2v) is 4.24. The number of benzene rings is 1. The largest absolute Gasteiger partial charge is 0.497 e. The predicted molar refractivity (Wildman–Crippen MR) is 76.0 cm³/mol. The third kappa shape index (κ3) is 3.14. The van der Waals surface area contributed by atoms with Gasteiger partial charge in [-0.15, -0.1) is 5.10 Å². The van der Waals surface area contributed by atoms with Gasteiger partial charge < -0.3 is 14.8 Å². The van der Waals surface area contributed by atoms with Crippen molar-refractivity contribution in [2.75, 3.05) is 14.2 Å². The van der Waals surface area contributed by atoms with Crippen LogP contribution < -0.4 is 14.8 Å². The number of amides is 1. The van der Waals surface area contributed by atoms with Gasteiger partial charge in [-0.2, -0.15) is 0 Å². The molecule has 0 spiro atoms. The Balaban J connectivity index is 2.09. The molecule has 0 bridgehead atoms. The Morgan fingerprint density at radius 2 is 2.00 bits per heavy atom. The number of rotatable bonds is 6. The van der Waals surface area contributed by atoms with Crippen molar-refractivity contribution in [3.05, 3.63) is 45.6 Å². The van der Waals surface area contributed by atoms with Crippen molar-refractivity contribution < 1.29 is 19.2 Å². The number of nitrogens with zero attached hydrogens (tertiary/aromatic N) is 2. The molecule has 9 heteroatoms. The van der Waals surface area contributed by atoms with Crippen LogP contribution in [0.15, 0.2) is 24.3 Å². The van der Waals surface area contributed by atoms with Crippen molar-refractivity contribution in [1.82, 2.24) is 15.5 Å². The van der Waals surface area contributed by atoms with E-state index in [0.29, 0.717) is 5.75 Å². The number of hydrogen-bond acceptors (Lipinski definition) is 6. The molecule has 0 atom stereocenters. The Labute approximate surface area is 125 Å². The Kier molecular flexibility index (Phi) is 4.57. The number of aromatic nitrogens is 2. The zero-order valence-corrected chi connectivity index (χ0v) is 12.0. The molecular weight excluding hydrogens is 292 g/mol. The summed E-state index contributed by atoms with van der Waals surface area (Å²) in [5, 5.41) is 19.5. The lowest BCUT2D eigenvalue weighted by molar-refractivity contribution is -0.386. The van der Waals surface area contributed by atoms with Crippen molar-refractivity contribution >= 4 is 11.6 Å². The van der Waals surface area contributed by atoms with E-state index in [1.54, 1.807) is 31.4 Å². The summed E-state index contributed by atoms with van der Waals surface area (Å²) in [6.07, 6.45) is 0. The lowest BCUT2D eigenvalue weighted by Gasteiger charge is -2.05. The van der Waals surface area contributed by atoms with Gasteiger partial charge in [0.25, 0.3) is 5.91 Å². The summed E-state index contributed by atoms with van der Waals surface area (Å²) in [5.41, 5.74) is 0.0772. The number of carbonyl (C=O) groups is 1. The Morgan fingerprint density at radius 3 is 2.55 bits per heavy atom. The number of hydrogen-bond donors (Lipinski definition) is 2. The van der Waals surface area contributed by atoms with E-state index in [4.69, 9.17) is 9.47 Å². The maximum Gasteiger partial charge on any atom is 0.362 e. The summed E-state index contributed by atoms with van der Waals surface area (Å²) in [6.45, 7) is 0.210. The van der Waals surface area contributed by atoms with Crippen molar-refractivity contribution in [2.24, 2.45) is 0 Å². The van der Waals surface area contributed by atoms with Gasteiger partial charge in [0.15, 0.2) is 0 Å². The molecule has 0 aliphatic carbocycles. The first kappa shape index (κ1) is 15.3. The highest BCUT2D eigenvalue weighted by molar-refractivity contribution is 5.97. The SMILES string of the molecule is COc1ccc(CNC(=O)c2[nH]nc(OC)c2[N+](=O)[O-])cc1. The van der Waals surface area contributed by atoms with E-state index < -0.39 is 16.5 Å². The van der Waals surface area contributed by atoms with E-state index in [0.717, 1.165) is 5.56 Å². The summed E-state index contributed by atoms with van der Waals surface area (Å²) in [4.78, 5) is 22.3. The van der Waals surface area contributed by atoms with Crippen LogP contribution in [0.2, 0.25) is 0 Å². The summed E-state index contributed by atoms with van der Waals surface area (Å²) in [6, 6.07) is 7.06. The molecule has 2 rings (SSSR count). The van der Waals surface area contributed by atoms with E-state index in [9.17, 15) is 14.9 Å². The van der Waals surface area contributed by atoms with Gasteiger partial charge in [-0.25, -0.2) is 0 Å². The molecule has 0 saturated heterocycles. The third-order valence-corrected chi connectivity index (χ3v) is 2.92. The van der Waals surface area contributed by atoms with E-state index in [2.05, 4.69) is 15.5 Å². The lowest BCUT2D eigenvalue weighted by atomic mass is 10.2. The highest BCUT2D eigenvalue weighted by Crippen LogP contribution is 2.27. The number of nitrogens with one attached hydrogen (secondary N) is 2. The van der Waals surface area contributed by atoms with E-state index in [-0.39, 0.29) is 18.1 Å². The average Bonchev–Trinajstić information content (AvgIpc) is 2.97. The second kappa shape index (κ2) is 6.57. The molecule has 0 radical (unpaired) electrons. The van der Waals surface area contributed by atoms with Crippen LogP contribution in [0.25, 0.3) is 0 Å². The van der Waals surface area contributed by atoms with E-state index in [1.165, 1.54) is 7.11 Å². The summed E-state index contributed by atoms with van der Waals surface area (Å²) in [5.74, 6) is -0.179. The zero-order chi connectivity index (χ0) is 16.1. The van der Waals surface area contributed by atoms with Crippen molar-refractivity contribution in [3.63, 3.8) is 0 Å². The summed E-state index contributed by atoms with van der Waals surface area (Å²) < 4.78 is 9.78. The Morgan fingerprint density at radius 1 is 1.32 bits per heavy atom. The lowest BCUT2D eigenvalue weighted by Crippen LogP contribution is -2.24. The third-order valence-electron chi connectivity index (χ3n) is 2.92. The van der Waals surface area contributed by atoms with Gasteiger partial charge in [0.2, 0.25) is 5.69 Å². The summed E-state index contributed by atoms with van der Waals surface area (Å²) in [7, 11) is 2.80. The molecule has 1 aromatic heterocycles. The maximum absolute atomic E-state index is 12.0. The van der Waals surface area contributed by atoms with Gasteiger partial charge in [0, 0.05) is 6.54 Å². The molecule has 116 valence electrons. The molecule has 0 saturated carbocycles. The number of nitro groups is 1. The van der Waals surface area contributed by atoms with E-state index >= 15 is 0 Å². The minimum Gasteiger partial charge on any atom is -0.497 e. The highest BCUT2D eigenvalue weighted by Gasteiger charge is 2.29. The second-order valence-electron chi connectivity index (χ2n) is 4.24. The number of ether oxygens (including phenoxy) is 2. The molecule has 9 nitrogen and oxygen atoms in total. The Hall–Kier alpha value is -3.10. The Bertz CT molecular complexity index is 680. The zero-order valence-electron chi connectivity index (χ0n) is 12.0. The van der Waals surface area contributed by atoms with Crippen molar-refractivity contribution in [3.8, 4) is 11.6 Å². The maximum atomic E-state index is 12.0. The molecule has 1 aromatic carbocycles. The molecule has 2 aromatic rings. The quantitative estimate of drug-likeness (QED) is 0.612. The molecule has 22 heavy (non-hydrogen) atoms. The number of aromatic amines is 1. The van der Waals surface area contributed by atoms with Gasteiger partial charge >= 0.3 is 11.6 Å². The molecule has 0 aliphatic rings. The van der Waals surface area contributed by atoms with Crippen LogP contribution in [0, 0.1) is 10.1 Å². The van der Waals surface area contributed by atoms with Gasteiger partial charge in [0.05, 0.1) is 19.1 Å². The number of methoxy groups -OCH3 is 2. The van der Waals surface area contributed by atoms with Crippen LogP contribution in [0.4, 0.5) is 5.69 Å². The smallest absolute Gasteiger partial charge is 0.362 e. The van der Waals surface area contributed by atoms with Crippen LogP contribution >= 0.6 is 0 Å². The van der Waals surface area contributed by atoms with Crippen LogP contribution in [0.1, 0.15) is 16.1 Å². The van der Waals surface area contributed by atoms with Gasteiger partial charge in [0.1, 0.15) is 5.75 Å². The van der Waals surface area contributed by atoms with Crippen molar-refractivity contribution in [1.29, 1.82) is 0 Å². The van der Waals surface area contributed by atoms with Gasteiger partial charge in [-0.1, -0.05) is 12.1 Å². The van der Waals surface area contributed by atoms with E-state index in [1.807, 2.05) is 0 Å². The molecule has 2 N–H and O–H groups in total. The molecular formula is C13H14N4O5. The van der Waals surface area contributed by atoms with Crippen LogP contribution in [0.5, 0.6) is 11.6 Å². The highest BCUT2D eigenvalue weighted by atomic mass is 16.6. The standard InChI is InChI=1S/C13H14N4O5/c1-21-9-5-3-8(4-6-9)7-14-12(18)10-11(17(19)20)13(22-2)16-15-10/h3-6H,7H2,1-2H3,(H,14,18)(H,15,16). The van der Waals surface area contributed by atoms with Crippen LogP contribution in [0.3, 0.4) is 0 Å². The fourth-order valence-corrected chi connectivity index (χ4v) is 1.80. The van der Waals surface area contributed by atoms with Gasteiger partial charge in [-0.05, 0) is 17.7 Å². The van der Waals surface area contributed by atoms with Crippen molar-refractivity contribution in [2.45, 2.75) is 6.54 Å². The topological polar surface area (TPSA) is 119 Å². The first-order valence-electron chi connectivity index (χ1n) is 6.24. The first-order chi connectivity index (χ1) is 10.6. The average molecular weight is 306 g/mol. The van der Waals surface area contributed by atoms with Gasteiger partial charge in [-0.3, -0.25) is 20.0 Å². The fourth-order valence-electron chi connectivity index (χ4n) is 1.80. The monoisotopic (exact) mass is 306 g/mol. The predicted octanol–water partition coefficient (Wildman–Crippen LogP) is 1.27. The number of carbonyl (C=O) groups excluding carboxylic acids is 1. The normalized spacial score (nSPS) is 10.1. The fraction of sp³-hybridized carbons (Fsp3) is 0.231. The van der Waals surface area contributed by atoms with Crippen LogP contribution in [-0.2, 0) is 6.54 Å². The van der Waals surface area contributed by atoms with Crippen LogP contribution in [-0.4, -0.2) is 35.2 Å². The molecule has 1 amide bonds. The molecule has 0 aliphatic heterocycles. The summed E-state index contributed by atoms with van der Waals surface area (Å²) >= 11 is 0. The minimum absolute atomic E-state index is 0.210. The minimum atomic E-state index is -0.718.